The molecule has 0 saturated heterocycles. The Morgan fingerprint density at radius 1 is 1.11 bits per heavy atom. The third-order valence-electron chi connectivity index (χ3n) is 5.22. The number of benzene rings is 2. The van der Waals surface area contributed by atoms with Gasteiger partial charge < -0.3 is 20.0 Å². The maximum Gasteiger partial charge on any atom is 0.306 e. The van der Waals surface area contributed by atoms with Crippen LogP contribution in [0.3, 0.4) is 0 Å². The molecule has 0 aliphatic carbocycles. The first-order valence-corrected chi connectivity index (χ1v) is 9.29. The number of hydrogen-bond donors (Lipinski definition) is 2. The van der Waals surface area contributed by atoms with Gasteiger partial charge in [-0.2, -0.15) is 0 Å². The number of fused-ring (bicyclic) bond motifs is 4. The largest absolute Gasteiger partial charge is 0.468 e. The number of nitrogen functional groups attached to an aromatic ring is 1. The Kier molecular flexibility index (Phi) is 3.98. The second kappa shape index (κ2) is 6.65. The highest BCUT2D eigenvalue weighted by Gasteiger charge is 2.38. The van der Waals surface area contributed by atoms with E-state index in [2.05, 4.69) is 23.2 Å². The van der Waals surface area contributed by atoms with Gasteiger partial charge in [0.25, 0.3) is 0 Å². The van der Waals surface area contributed by atoms with Gasteiger partial charge in [-0.05, 0) is 17.5 Å². The third-order valence-corrected chi connectivity index (χ3v) is 5.22. The zero-order chi connectivity index (χ0) is 19.1. The molecule has 0 fully saturated rings. The Balaban J connectivity index is 1.76. The zero-order valence-electron chi connectivity index (χ0n) is 15.2. The molecule has 1 aliphatic heterocycles. The van der Waals surface area contributed by atoms with Crippen LogP contribution >= 0.6 is 0 Å². The first kappa shape index (κ1) is 16.8. The molecule has 3 N–H and O–H groups in total. The summed E-state index contributed by atoms with van der Waals surface area (Å²) in [5.41, 5.74) is 8.32. The molecule has 0 spiro atoms. The minimum absolute atomic E-state index is 0.0937. The van der Waals surface area contributed by atoms with E-state index in [0.29, 0.717) is 24.7 Å². The summed E-state index contributed by atoms with van der Waals surface area (Å²) in [7, 11) is 0. The average Bonchev–Trinajstić information content (AvgIpc) is 3.26. The van der Waals surface area contributed by atoms with Gasteiger partial charge >= 0.3 is 5.88 Å². The Morgan fingerprint density at radius 2 is 2.00 bits per heavy atom. The third kappa shape index (κ3) is 2.53. The Hall–Kier alpha value is -3.38. The number of aryl methyl sites for hydroxylation is 1. The second-order valence-electron chi connectivity index (χ2n) is 6.87. The van der Waals surface area contributed by atoms with Crippen molar-refractivity contribution in [2.45, 2.75) is 18.9 Å². The van der Waals surface area contributed by atoms with Crippen LogP contribution in [0.2, 0.25) is 0 Å². The summed E-state index contributed by atoms with van der Waals surface area (Å²) in [4.78, 5) is 4.54. The van der Waals surface area contributed by atoms with Crippen molar-refractivity contribution >= 4 is 16.6 Å². The maximum absolute atomic E-state index is 9.18. The van der Waals surface area contributed by atoms with E-state index in [1.807, 2.05) is 34.9 Å². The number of hydrogen-bond acceptors (Lipinski definition) is 5. The van der Waals surface area contributed by atoms with E-state index in [9.17, 15) is 5.11 Å². The fourth-order valence-corrected chi connectivity index (χ4v) is 3.89. The molecule has 6 nitrogen and oxygen atoms in total. The first-order valence-electron chi connectivity index (χ1n) is 9.29. The lowest BCUT2D eigenvalue weighted by molar-refractivity contribution is -0.686. The Bertz CT molecular complexity index is 1160. The van der Waals surface area contributed by atoms with E-state index in [0.717, 1.165) is 33.4 Å². The molecule has 0 radical (unpaired) electrons. The number of ether oxygens (including phenoxy) is 1. The molecule has 3 heterocycles. The average molecular weight is 374 g/mol. The van der Waals surface area contributed by atoms with Crippen molar-refractivity contribution in [1.29, 1.82) is 0 Å². The molecule has 0 saturated carbocycles. The number of rotatable bonds is 4. The molecule has 0 unspecified atom stereocenters. The lowest BCUT2D eigenvalue weighted by Gasteiger charge is -2.26. The summed E-state index contributed by atoms with van der Waals surface area (Å²) < 4.78 is 13.9. The van der Waals surface area contributed by atoms with Crippen molar-refractivity contribution in [3.63, 3.8) is 0 Å². The number of aromatic nitrogens is 2. The van der Waals surface area contributed by atoms with E-state index in [-0.39, 0.29) is 12.5 Å². The molecular weight excluding hydrogens is 354 g/mol. The van der Waals surface area contributed by atoms with Crippen LogP contribution < -0.4 is 15.0 Å². The van der Waals surface area contributed by atoms with Gasteiger partial charge in [-0.1, -0.05) is 41.4 Å². The van der Waals surface area contributed by atoms with Crippen LogP contribution in [0.5, 0.6) is 11.6 Å². The molecule has 1 atom stereocenters. The summed E-state index contributed by atoms with van der Waals surface area (Å²) in [5, 5.41) is 11.3. The predicted octanol–water partition coefficient (Wildman–Crippen LogP) is 3.37. The van der Waals surface area contributed by atoms with Crippen molar-refractivity contribution in [2.24, 2.45) is 0 Å². The fraction of sp³-hybridized carbons (Fsp3) is 0.182. The highest BCUT2D eigenvalue weighted by Crippen LogP contribution is 2.50. The van der Waals surface area contributed by atoms with E-state index in [4.69, 9.17) is 14.9 Å². The van der Waals surface area contributed by atoms with Gasteiger partial charge in [0.1, 0.15) is 17.1 Å². The monoisotopic (exact) mass is 374 g/mol. The van der Waals surface area contributed by atoms with Crippen LogP contribution in [0.15, 0.2) is 65.5 Å². The molecule has 5 rings (SSSR count). The molecular formula is C22H20N3O3+. The van der Waals surface area contributed by atoms with Crippen molar-refractivity contribution in [3.05, 3.63) is 78.0 Å². The van der Waals surface area contributed by atoms with Gasteiger partial charge in [0.15, 0.2) is 0 Å². The molecule has 2 aromatic carbocycles. The minimum Gasteiger partial charge on any atom is -0.468 e. The molecule has 0 bridgehead atoms. The zero-order valence-corrected chi connectivity index (χ0v) is 15.2. The molecule has 140 valence electrons. The number of nitrogens with two attached hydrogens (primary N) is 1. The normalized spacial score (nSPS) is 15.1. The first-order chi connectivity index (χ1) is 13.8. The standard InChI is InChI=1S/C22H19N3O3/c23-21-19-18(17-7-3-12-27-17)16-9-8-14-5-1-2-6-15(14)20(16)28-22(19)24-13-25(21)10-4-11-26/h1-3,5-9,12-13,18,23,26H,4,10-11H2/p+1/t18-/m1/s1. The number of nitrogens with zero attached hydrogens (tertiary/aromatic N) is 2. The summed E-state index contributed by atoms with van der Waals surface area (Å²) >= 11 is 0. The van der Waals surface area contributed by atoms with Gasteiger partial charge in [0, 0.05) is 24.0 Å². The van der Waals surface area contributed by atoms with Crippen LogP contribution in [-0.2, 0) is 6.54 Å². The maximum atomic E-state index is 9.18. The predicted molar refractivity (Wildman–Crippen MR) is 104 cm³/mol. The number of aliphatic hydroxyl groups excluding tert-OH is 1. The molecule has 6 heteroatoms. The van der Waals surface area contributed by atoms with Gasteiger partial charge in [0.05, 0.1) is 18.7 Å². The van der Waals surface area contributed by atoms with E-state index in [1.165, 1.54) is 0 Å². The van der Waals surface area contributed by atoms with Gasteiger partial charge in [-0.15, -0.1) is 0 Å². The number of anilines is 1. The Morgan fingerprint density at radius 3 is 2.82 bits per heavy atom. The number of furan rings is 1. The fourth-order valence-electron chi connectivity index (χ4n) is 3.89. The minimum atomic E-state index is -0.215. The van der Waals surface area contributed by atoms with Gasteiger partial charge in [-0.25, -0.2) is 4.57 Å². The second-order valence-corrected chi connectivity index (χ2v) is 6.87. The van der Waals surface area contributed by atoms with E-state index >= 15 is 0 Å². The van der Waals surface area contributed by atoms with Crippen LogP contribution in [0.4, 0.5) is 5.82 Å². The lowest BCUT2D eigenvalue weighted by Crippen LogP contribution is -2.40. The Labute approximate surface area is 161 Å². The van der Waals surface area contributed by atoms with Crippen LogP contribution in [-0.4, -0.2) is 16.7 Å². The van der Waals surface area contributed by atoms with Crippen molar-refractivity contribution in [3.8, 4) is 11.6 Å². The molecule has 1 aliphatic rings. The lowest BCUT2D eigenvalue weighted by atomic mass is 9.86. The SMILES string of the molecule is Nc1c2c(nc[n+]1CCCO)Oc1c(ccc3ccccc13)[C@@H]2c1ccco1. The smallest absolute Gasteiger partial charge is 0.306 e. The van der Waals surface area contributed by atoms with Crippen LogP contribution in [0, 0.1) is 0 Å². The van der Waals surface area contributed by atoms with Crippen molar-refractivity contribution < 1.29 is 18.8 Å². The quantitative estimate of drug-likeness (QED) is 0.471. The number of aliphatic hydroxyl groups is 1. The van der Waals surface area contributed by atoms with E-state index in [1.54, 1.807) is 12.6 Å². The van der Waals surface area contributed by atoms with Crippen LogP contribution in [0.1, 0.15) is 29.2 Å². The summed E-state index contributed by atoms with van der Waals surface area (Å²) in [5.74, 6) is 2.41. The molecule has 4 aromatic rings. The molecule has 28 heavy (non-hydrogen) atoms. The van der Waals surface area contributed by atoms with Gasteiger partial charge in [0.2, 0.25) is 12.1 Å². The summed E-state index contributed by atoms with van der Waals surface area (Å²) in [6.45, 7) is 0.675. The summed E-state index contributed by atoms with van der Waals surface area (Å²) in [6.07, 6.45) is 3.93. The highest BCUT2D eigenvalue weighted by molar-refractivity contribution is 5.91. The highest BCUT2D eigenvalue weighted by atomic mass is 16.5. The van der Waals surface area contributed by atoms with Gasteiger partial charge in [-0.3, -0.25) is 0 Å². The van der Waals surface area contributed by atoms with Crippen LogP contribution in [0.25, 0.3) is 10.8 Å². The van der Waals surface area contributed by atoms with Crippen molar-refractivity contribution in [2.75, 3.05) is 12.3 Å². The summed E-state index contributed by atoms with van der Waals surface area (Å²) in [6, 6.07) is 16.1. The van der Waals surface area contributed by atoms with E-state index < -0.39 is 0 Å². The molecule has 2 aromatic heterocycles. The van der Waals surface area contributed by atoms with Crippen molar-refractivity contribution in [1.82, 2.24) is 4.98 Å². The molecule has 0 amide bonds. The topological polar surface area (TPSA) is 85.4 Å².